The number of rotatable bonds is 10. The number of benzene rings is 1. The van der Waals surface area contributed by atoms with E-state index >= 15 is 0 Å². The number of unbranched alkanes of at least 4 members (excludes halogenated alkanes) is 2. The van der Waals surface area contributed by atoms with Gasteiger partial charge >= 0.3 is 0 Å². The summed E-state index contributed by atoms with van der Waals surface area (Å²) in [5, 5.41) is 3.77. The normalized spacial score (nSPS) is 12.6. The summed E-state index contributed by atoms with van der Waals surface area (Å²) in [6, 6.07) is 7.63. The number of nitrogens with one attached hydrogen (secondary N) is 1. The molecule has 20 heavy (non-hydrogen) atoms. The lowest BCUT2D eigenvalue weighted by Gasteiger charge is -2.22. The molecule has 0 amide bonds. The van der Waals surface area contributed by atoms with E-state index < -0.39 is 0 Å². The van der Waals surface area contributed by atoms with Gasteiger partial charge in [-0.05, 0) is 48.9 Å². The molecule has 0 saturated carbocycles. The Balaban J connectivity index is 2.90. The number of hydrogen-bond donors (Lipinski definition) is 1. The first-order valence-electron chi connectivity index (χ1n) is 8.61. The minimum atomic E-state index is 0.544. The monoisotopic (exact) mass is 275 g/mol. The van der Waals surface area contributed by atoms with Gasteiger partial charge in [0.2, 0.25) is 0 Å². The van der Waals surface area contributed by atoms with E-state index in [9.17, 15) is 0 Å². The summed E-state index contributed by atoms with van der Waals surface area (Å²) in [4.78, 5) is 0. The lowest BCUT2D eigenvalue weighted by atomic mass is 9.92. The first-order valence-corrected chi connectivity index (χ1v) is 8.61. The van der Waals surface area contributed by atoms with Crippen LogP contribution in [0.4, 0.5) is 0 Å². The Labute approximate surface area is 126 Å². The average Bonchev–Trinajstić information content (AvgIpc) is 2.50. The summed E-state index contributed by atoms with van der Waals surface area (Å²) in [5.41, 5.74) is 4.54. The van der Waals surface area contributed by atoms with Crippen LogP contribution in [0.2, 0.25) is 0 Å². The van der Waals surface area contributed by atoms with Crippen LogP contribution in [-0.2, 0) is 12.8 Å². The molecule has 0 fully saturated rings. The van der Waals surface area contributed by atoms with Crippen molar-refractivity contribution in [1.29, 1.82) is 0 Å². The number of aryl methyl sites for hydroxylation is 2. The molecule has 1 aromatic rings. The topological polar surface area (TPSA) is 12.0 Å². The molecule has 0 spiro atoms. The SMILES string of the molecule is CCCCCC(NCCC)c1cc(CC)ccc1CC. The van der Waals surface area contributed by atoms with Crippen LogP contribution in [0.3, 0.4) is 0 Å². The van der Waals surface area contributed by atoms with Crippen LogP contribution >= 0.6 is 0 Å². The van der Waals surface area contributed by atoms with Gasteiger partial charge in [0, 0.05) is 6.04 Å². The van der Waals surface area contributed by atoms with Gasteiger partial charge in [0.15, 0.2) is 0 Å². The third kappa shape index (κ3) is 5.28. The van der Waals surface area contributed by atoms with E-state index in [2.05, 4.69) is 51.2 Å². The largest absolute Gasteiger partial charge is 0.310 e. The molecule has 1 nitrogen and oxygen atoms in total. The third-order valence-corrected chi connectivity index (χ3v) is 4.11. The van der Waals surface area contributed by atoms with Gasteiger partial charge in [0.25, 0.3) is 0 Å². The van der Waals surface area contributed by atoms with Crippen LogP contribution in [0.1, 0.15) is 82.5 Å². The summed E-state index contributed by atoms with van der Waals surface area (Å²) >= 11 is 0. The van der Waals surface area contributed by atoms with Crippen molar-refractivity contribution in [2.75, 3.05) is 6.54 Å². The van der Waals surface area contributed by atoms with Crippen LogP contribution in [0.25, 0.3) is 0 Å². The van der Waals surface area contributed by atoms with Crippen LogP contribution in [-0.4, -0.2) is 6.54 Å². The van der Waals surface area contributed by atoms with Crippen molar-refractivity contribution in [2.24, 2.45) is 0 Å². The maximum absolute atomic E-state index is 3.77. The van der Waals surface area contributed by atoms with E-state index in [4.69, 9.17) is 0 Å². The van der Waals surface area contributed by atoms with Gasteiger partial charge < -0.3 is 5.32 Å². The van der Waals surface area contributed by atoms with Gasteiger partial charge in [0.05, 0.1) is 0 Å². The minimum absolute atomic E-state index is 0.544. The lowest BCUT2D eigenvalue weighted by molar-refractivity contribution is 0.471. The summed E-state index contributed by atoms with van der Waals surface area (Å²) in [6.07, 6.45) is 8.73. The smallest absolute Gasteiger partial charge is 0.0323 e. The van der Waals surface area contributed by atoms with Crippen LogP contribution < -0.4 is 5.32 Å². The minimum Gasteiger partial charge on any atom is -0.310 e. The molecule has 114 valence electrons. The fourth-order valence-electron chi connectivity index (χ4n) is 2.80. The summed E-state index contributed by atoms with van der Waals surface area (Å²) in [7, 11) is 0. The second-order valence-electron chi connectivity index (χ2n) is 5.74. The molecule has 0 aromatic heterocycles. The molecule has 0 radical (unpaired) electrons. The maximum atomic E-state index is 3.77. The van der Waals surface area contributed by atoms with E-state index in [0.29, 0.717) is 6.04 Å². The molecule has 1 rings (SSSR count). The van der Waals surface area contributed by atoms with Gasteiger partial charge in [-0.2, -0.15) is 0 Å². The first kappa shape index (κ1) is 17.2. The van der Waals surface area contributed by atoms with Gasteiger partial charge in [-0.3, -0.25) is 0 Å². The highest BCUT2D eigenvalue weighted by Gasteiger charge is 2.14. The van der Waals surface area contributed by atoms with Crippen LogP contribution in [0.15, 0.2) is 18.2 Å². The van der Waals surface area contributed by atoms with Crippen LogP contribution in [0.5, 0.6) is 0 Å². The molecule has 1 unspecified atom stereocenters. The Bertz CT molecular complexity index is 370. The van der Waals surface area contributed by atoms with E-state index in [1.165, 1.54) is 43.2 Å². The lowest BCUT2D eigenvalue weighted by Crippen LogP contribution is -2.23. The van der Waals surface area contributed by atoms with Gasteiger partial charge in [-0.25, -0.2) is 0 Å². The standard InChI is InChI=1S/C19H33N/c1-5-9-10-11-19(20-14-6-2)18-15-16(7-3)12-13-17(18)8-4/h12-13,15,19-20H,5-11,14H2,1-4H3. The molecule has 0 bridgehead atoms. The molecule has 1 aromatic carbocycles. The van der Waals surface area contributed by atoms with Crippen molar-refractivity contribution in [1.82, 2.24) is 5.32 Å². The van der Waals surface area contributed by atoms with Crippen molar-refractivity contribution < 1.29 is 0 Å². The van der Waals surface area contributed by atoms with E-state index in [0.717, 1.165) is 19.4 Å². The maximum Gasteiger partial charge on any atom is 0.0323 e. The predicted molar refractivity (Wildman–Crippen MR) is 90.4 cm³/mol. The van der Waals surface area contributed by atoms with E-state index in [-0.39, 0.29) is 0 Å². The zero-order valence-corrected chi connectivity index (χ0v) is 14.0. The Morgan fingerprint density at radius 2 is 1.75 bits per heavy atom. The molecule has 0 saturated heterocycles. The Kier molecular flexibility index (Phi) is 8.60. The first-order chi connectivity index (χ1) is 9.76. The predicted octanol–water partition coefficient (Wildman–Crippen LogP) is 5.43. The highest BCUT2D eigenvalue weighted by molar-refractivity contribution is 5.34. The summed E-state index contributed by atoms with van der Waals surface area (Å²) in [6.45, 7) is 10.2. The second-order valence-corrected chi connectivity index (χ2v) is 5.74. The zero-order valence-electron chi connectivity index (χ0n) is 14.0. The quantitative estimate of drug-likeness (QED) is 0.561. The summed E-state index contributed by atoms with van der Waals surface area (Å²) in [5.74, 6) is 0. The third-order valence-electron chi connectivity index (χ3n) is 4.11. The molecule has 0 aliphatic heterocycles. The highest BCUT2D eigenvalue weighted by atomic mass is 14.9. The molecular weight excluding hydrogens is 242 g/mol. The van der Waals surface area contributed by atoms with Crippen molar-refractivity contribution in [2.45, 2.75) is 78.7 Å². The van der Waals surface area contributed by atoms with Gasteiger partial charge in [0.1, 0.15) is 0 Å². The van der Waals surface area contributed by atoms with Crippen molar-refractivity contribution in [3.8, 4) is 0 Å². The molecular formula is C19H33N. The van der Waals surface area contributed by atoms with Gasteiger partial charge in [-0.1, -0.05) is 65.2 Å². The molecule has 1 heteroatoms. The van der Waals surface area contributed by atoms with E-state index in [1.54, 1.807) is 5.56 Å². The van der Waals surface area contributed by atoms with Crippen molar-refractivity contribution >= 4 is 0 Å². The summed E-state index contributed by atoms with van der Waals surface area (Å²) < 4.78 is 0. The van der Waals surface area contributed by atoms with Crippen LogP contribution in [0, 0.1) is 0 Å². The zero-order chi connectivity index (χ0) is 14.8. The molecule has 1 N–H and O–H groups in total. The fourth-order valence-corrected chi connectivity index (χ4v) is 2.80. The Hall–Kier alpha value is -0.820. The molecule has 1 atom stereocenters. The number of hydrogen-bond acceptors (Lipinski definition) is 1. The van der Waals surface area contributed by atoms with Crippen molar-refractivity contribution in [3.63, 3.8) is 0 Å². The highest BCUT2D eigenvalue weighted by Crippen LogP contribution is 2.25. The molecule has 0 aliphatic rings. The van der Waals surface area contributed by atoms with Crippen molar-refractivity contribution in [3.05, 3.63) is 34.9 Å². The van der Waals surface area contributed by atoms with E-state index in [1.807, 2.05) is 0 Å². The second kappa shape index (κ2) is 9.99. The Morgan fingerprint density at radius 1 is 0.950 bits per heavy atom. The molecule has 0 aliphatic carbocycles. The average molecular weight is 275 g/mol. The fraction of sp³-hybridized carbons (Fsp3) is 0.684. The Morgan fingerprint density at radius 3 is 2.35 bits per heavy atom. The molecule has 0 heterocycles. The van der Waals surface area contributed by atoms with Gasteiger partial charge in [-0.15, -0.1) is 0 Å².